The van der Waals surface area contributed by atoms with E-state index in [0.29, 0.717) is 10.2 Å². The first-order chi connectivity index (χ1) is 8.56. The molecule has 0 saturated heterocycles. The molecule has 0 spiro atoms. The van der Waals surface area contributed by atoms with Crippen molar-refractivity contribution in [1.29, 1.82) is 0 Å². The van der Waals surface area contributed by atoms with Gasteiger partial charge in [-0.1, -0.05) is 11.6 Å². The van der Waals surface area contributed by atoms with E-state index in [-0.39, 0.29) is 10.7 Å². The molecule has 2 rings (SSSR count). The second kappa shape index (κ2) is 5.41. The number of nitrogens with one attached hydrogen (secondary N) is 1. The Labute approximate surface area is 115 Å². The molecule has 92 valence electrons. The monoisotopic (exact) mass is 329 g/mol. The van der Waals surface area contributed by atoms with E-state index in [9.17, 15) is 9.18 Å². The molecule has 0 unspecified atom stereocenters. The van der Waals surface area contributed by atoms with Gasteiger partial charge in [-0.25, -0.2) is 9.37 Å². The van der Waals surface area contributed by atoms with Crippen molar-refractivity contribution in [3.63, 3.8) is 0 Å². The highest BCUT2D eigenvalue weighted by Gasteiger charge is 2.10. The highest BCUT2D eigenvalue weighted by Crippen LogP contribution is 2.23. The summed E-state index contributed by atoms with van der Waals surface area (Å²) in [5, 5.41) is 2.67. The number of anilines is 1. The summed E-state index contributed by atoms with van der Waals surface area (Å²) in [6, 6.07) is 2.68. The lowest BCUT2D eigenvalue weighted by Gasteiger charge is -2.06. The van der Waals surface area contributed by atoms with Gasteiger partial charge >= 0.3 is 0 Å². The minimum atomic E-state index is -0.582. The number of carbonyl (C=O) groups is 1. The quantitative estimate of drug-likeness (QED) is 0.860. The van der Waals surface area contributed by atoms with Gasteiger partial charge in [-0.05, 0) is 28.1 Å². The molecular weight excluding hydrogens is 324 g/mol. The van der Waals surface area contributed by atoms with Crippen LogP contribution in [0.5, 0.6) is 0 Å². The zero-order valence-corrected chi connectivity index (χ0v) is 11.2. The summed E-state index contributed by atoms with van der Waals surface area (Å²) in [7, 11) is 0. The van der Waals surface area contributed by atoms with E-state index in [4.69, 9.17) is 11.6 Å². The predicted molar refractivity (Wildman–Crippen MR) is 69.1 cm³/mol. The lowest BCUT2D eigenvalue weighted by Crippen LogP contribution is -2.13. The number of amides is 1. The van der Waals surface area contributed by atoms with Crippen LogP contribution in [0.1, 0.15) is 10.4 Å². The minimum Gasteiger partial charge on any atom is -0.319 e. The van der Waals surface area contributed by atoms with Gasteiger partial charge in [0, 0.05) is 16.9 Å². The zero-order chi connectivity index (χ0) is 13.1. The molecule has 0 saturated carbocycles. The van der Waals surface area contributed by atoms with E-state index in [1.54, 1.807) is 6.07 Å². The van der Waals surface area contributed by atoms with Gasteiger partial charge < -0.3 is 5.32 Å². The fourth-order valence-electron chi connectivity index (χ4n) is 1.24. The second-order valence-electron chi connectivity index (χ2n) is 3.34. The van der Waals surface area contributed by atoms with Crippen molar-refractivity contribution in [2.45, 2.75) is 0 Å². The first kappa shape index (κ1) is 12.9. The van der Waals surface area contributed by atoms with Crippen LogP contribution in [0.2, 0.25) is 5.15 Å². The van der Waals surface area contributed by atoms with Crippen LogP contribution in [0.3, 0.4) is 0 Å². The smallest absolute Gasteiger partial charge is 0.257 e. The van der Waals surface area contributed by atoms with Crippen LogP contribution in [-0.2, 0) is 0 Å². The van der Waals surface area contributed by atoms with Crippen molar-refractivity contribution in [3.8, 4) is 0 Å². The van der Waals surface area contributed by atoms with Gasteiger partial charge in [-0.3, -0.25) is 9.78 Å². The summed E-state index contributed by atoms with van der Waals surface area (Å²) in [5.41, 5.74) is 0.436. The SMILES string of the molecule is O=C(Nc1cc(Br)cnc1Cl)c1cncc(F)c1. The number of aromatic nitrogens is 2. The Kier molecular flexibility index (Phi) is 3.88. The maximum atomic E-state index is 12.9. The fraction of sp³-hybridized carbons (Fsp3) is 0. The van der Waals surface area contributed by atoms with Crippen molar-refractivity contribution in [1.82, 2.24) is 9.97 Å². The molecular formula is C11H6BrClFN3O. The van der Waals surface area contributed by atoms with E-state index in [1.807, 2.05) is 0 Å². The molecule has 0 fully saturated rings. The van der Waals surface area contributed by atoms with Crippen molar-refractivity contribution >= 4 is 39.1 Å². The summed E-state index contributed by atoms with van der Waals surface area (Å²) >= 11 is 9.03. The molecule has 4 nitrogen and oxygen atoms in total. The lowest BCUT2D eigenvalue weighted by atomic mass is 10.2. The van der Waals surface area contributed by atoms with Gasteiger partial charge in [0.05, 0.1) is 17.4 Å². The maximum Gasteiger partial charge on any atom is 0.257 e. The largest absolute Gasteiger partial charge is 0.319 e. The summed E-state index contributed by atoms with van der Waals surface area (Å²) in [4.78, 5) is 19.3. The van der Waals surface area contributed by atoms with Gasteiger partial charge in [-0.2, -0.15) is 0 Å². The number of carbonyl (C=O) groups excluding carboxylic acids is 1. The summed E-state index contributed by atoms with van der Waals surface area (Å²) in [5.74, 6) is -1.09. The highest BCUT2D eigenvalue weighted by atomic mass is 79.9. The van der Waals surface area contributed by atoms with Crippen LogP contribution in [0, 0.1) is 5.82 Å². The fourth-order valence-corrected chi connectivity index (χ4v) is 1.72. The average molecular weight is 331 g/mol. The Morgan fingerprint density at radius 1 is 1.33 bits per heavy atom. The number of nitrogens with zero attached hydrogens (tertiary/aromatic N) is 2. The molecule has 0 radical (unpaired) electrons. The Bertz CT molecular complexity index is 609. The van der Waals surface area contributed by atoms with Gasteiger partial charge in [0.25, 0.3) is 5.91 Å². The first-order valence-electron chi connectivity index (χ1n) is 4.79. The Morgan fingerprint density at radius 2 is 2.11 bits per heavy atom. The zero-order valence-electron chi connectivity index (χ0n) is 8.82. The minimum absolute atomic E-state index is 0.103. The number of rotatable bonds is 2. The summed E-state index contributed by atoms with van der Waals surface area (Å²) in [6.45, 7) is 0. The van der Waals surface area contributed by atoms with Crippen LogP contribution in [0.15, 0.2) is 35.2 Å². The molecule has 18 heavy (non-hydrogen) atoms. The number of hydrogen-bond acceptors (Lipinski definition) is 3. The normalized spacial score (nSPS) is 10.2. The van der Waals surface area contributed by atoms with Crippen molar-refractivity contribution in [2.75, 3.05) is 5.32 Å². The molecule has 1 N–H and O–H groups in total. The molecule has 1 amide bonds. The molecule has 0 aliphatic rings. The molecule has 0 aliphatic carbocycles. The number of pyridine rings is 2. The molecule has 0 aliphatic heterocycles. The molecule has 2 aromatic rings. The molecule has 0 aromatic carbocycles. The summed E-state index contributed by atoms with van der Waals surface area (Å²) < 4.78 is 13.6. The number of halogens is 3. The van der Waals surface area contributed by atoms with Crippen LogP contribution in [0.25, 0.3) is 0 Å². The van der Waals surface area contributed by atoms with E-state index in [0.717, 1.165) is 12.3 Å². The van der Waals surface area contributed by atoms with Crippen LogP contribution >= 0.6 is 27.5 Å². The molecule has 2 heterocycles. The third-order valence-electron chi connectivity index (χ3n) is 2.02. The van der Waals surface area contributed by atoms with E-state index < -0.39 is 11.7 Å². The van der Waals surface area contributed by atoms with Crippen LogP contribution in [0.4, 0.5) is 10.1 Å². The van der Waals surface area contributed by atoms with Crippen molar-refractivity contribution in [2.24, 2.45) is 0 Å². The third kappa shape index (κ3) is 3.02. The van der Waals surface area contributed by atoms with Crippen LogP contribution < -0.4 is 5.32 Å². The summed E-state index contributed by atoms with van der Waals surface area (Å²) in [6.07, 6.45) is 3.78. The molecule has 0 atom stereocenters. The highest BCUT2D eigenvalue weighted by molar-refractivity contribution is 9.10. The van der Waals surface area contributed by atoms with Gasteiger partial charge in [-0.15, -0.1) is 0 Å². The first-order valence-corrected chi connectivity index (χ1v) is 5.96. The van der Waals surface area contributed by atoms with E-state index >= 15 is 0 Å². The Balaban J connectivity index is 2.24. The standard InChI is InChI=1S/C11H6BrClFN3O/c12-7-2-9(10(13)16-4-7)17-11(18)6-1-8(14)5-15-3-6/h1-5H,(H,17,18). The third-order valence-corrected chi connectivity index (χ3v) is 2.76. The lowest BCUT2D eigenvalue weighted by molar-refractivity contribution is 0.102. The molecule has 0 bridgehead atoms. The van der Waals surface area contributed by atoms with E-state index in [2.05, 4.69) is 31.2 Å². The maximum absolute atomic E-state index is 12.9. The predicted octanol–water partition coefficient (Wildman–Crippen LogP) is 3.28. The van der Waals surface area contributed by atoms with Crippen molar-refractivity contribution < 1.29 is 9.18 Å². The van der Waals surface area contributed by atoms with Crippen molar-refractivity contribution in [3.05, 3.63) is 51.7 Å². The topological polar surface area (TPSA) is 54.9 Å². The van der Waals surface area contributed by atoms with Gasteiger partial charge in [0.1, 0.15) is 5.82 Å². The number of hydrogen-bond donors (Lipinski definition) is 1. The average Bonchev–Trinajstić information content (AvgIpc) is 2.34. The second-order valence-corrected chi connectivity index (χ2v) is 4.61. The molecule has 7 heteroatoms. The van der Waals surface area contributed by atoms with E-state index in [1.165, 1.54) is 12.4 Å². The van der Waals surface area contributed by atoms with Gasteiger partial charge in [0.2, 0.25) is 0 Å². The molecule has 2 aromatic heterocycles. The van der Waals surface area contributed by atoms with Crippen LogP contribution in [-0.4, -0.2) is 15.9 Å². The Hall–Kier alpha value is -1.53. The Morgan fingerprint density at radius 3 is 2.83 bits per heavy atom. The van der Waals surface area contributed by atoms with Gasteiger partial charge in [0.15, 0.2) is 5.15 Å².